The molecule has 0 aromatic heterocycles. The monoisotopic (exact) mass is 408 g/mol. The van der Waals surface area contributed by atoms with Crippen molar-refractivity contribution in [1.29, 1.82) is 0 Å². The van der Waals surface area contributed by atoms with Gasteiger partial charge in [-0.1, -0.05) is 32.0 Å². The SMILES string of the molecule is COc1cc(C)c(/C=C2/SC(=Nc3ccccc3)N(C(C)C)C2=O)cc1C(C)C. The maximum absolute atomic E-state index is 13.1. The Kier molecular flexibility index (Phi) is 6.48. The summed E-state index contributed by atoms with van der Waals surface area (Å²) in [7, 11) is 1.70. The Morgan fingerprint density at radius 2 is 1.79 bits per heavy atom. The van der Waals surface area contributed by atoms with E-state index in [1.807, 2.05) is 63.2 Å². The van der Waals surface area contributed by atoms with Gasteiger partial charge < -0.3 is 4.74 Å². The maximum atomic E-state index is 13.1. The summed E-state index contributed by atoms with van der Waals surface area (Å²) in [6.07, 6.45) is 1.98. The van der Waals surface area contributed by atoms with Gasteiger partial charge in [0.2, 0.25) is 0 Å². The normalized spacial score (nSPS) is 17.2. The number of aliphatic imine (C=N–C) groups is 1. The summed E-state index contributed by atoms with van der Waals surface area (Å²) in [6, 6.07) is 14.0. The Morgan fingerprint density at radius 3 is 2.38 bits per heavy atom. The zero-order chi connectivity index (χ0) is 21.1. The van der Waals surface area contributed by atoms with Crippen LogP contribution < -0.4 is 4.74 Å². The van der Waals surface area contributed by atoms with Crippen molar-refractivity contribution >= 4 is 34.6 Å². The molecule has 0 N–H and O–H groups in total. The fourth-order valence-electron chi connectivity index (χ4n) is 3.27. The molecule has 152 valence electrons. The third kappa shape index (κ3) is 4.56. The second-order valence-corrected chi connectivity index (χ2v) is 8.72. The predicted molar refractivity (Wildman–Crippen MR) is 123 cm³/mol. The Bertz CT molecular complexity index is 962. The molecule has 3 rings (SSSR count). The fourth-order valence-corrected chi connectivity index (χ4v) is 4.38. The van der Waals surface area contributed by atoms with Gasteiger partial charge in [-0.3, -0.25) is 9.69 Å². The summed E-state index contributed by atoms with van der Waals surface area (Å²) in [5, 5.41) is 0.720. The summed E-state index contributed by atoms with van der Waals surface area (Å²) in [5.74, 6) is 1.22. The smallest absolute Gasteiger partial charge is 0.266 e. The molecule has 0 bridgehead atoms. The molecule has 0 radical (unpaired) electrons. The van der Waals surface area contributed by atoms with Crippen molar-refractivity contribution in [2.45, 2.75) is 46.6 Å². The summed E-state index contributed by atoms with van der Waals surface area (Å²) in [4.78, 5) is 20.3. The minimum atomic E-state index is 0.000922. The Balaban J connectivity index is 2.03. The van der Waals surface area contributed by atoms with E-state index in [9.17, 15) is 4.79 Å². The molecule has 2 aromatic carbocycles. The van der Waals surface area contributed by atoms with Crippen molar-refractivity contribution in [3.05, 3.63) is 64.1 Å². The van der Waals surface area contributed by atoms with Gasteiger partial charge in [0.1, 0.15) is 5.75 Å². The number of rotatable bonds is 5. The molecular formula is C24H28N2O2S. The number of benzene rings is 2. The number of hydrogen-bond donors (Lipinski definition) is 0. The Labute approximate surface area is 177 Å². The van der Waals surface area contributed by atoms with Gasteiger partial charge in [-0.25, -0.2) is 4.99 Å². The van der Waals surface area contributed by atoms with E-state index in [4.69, 9.17) is 9.73 Å². The average Bonchev–Trinajstić information content (AvgIpc) is 2.98. The number of hydrogen-bond acceptors (Lipinski definition) is 4. The largest absolute Gasteiger partial charge is 0.496 e. The lowest BCUT2D eigenvalue weighted by atomic mass is 9.96. The first-order valence-electron chi connectivity index (χ1n) is 9.87. The lowest BCUT2D eigenvalue weighted by Gasteiger charge is -2.19. The molecule has 0 saturated carbocycles. The number of nitrogens with zero attached hydrogens (tertiary/aromatic N) is 2. The number of amidine groups is 1. The molecule has 1 aliphatic heterocycles. The van der Waals surface area contributed by atoms with Crippen LogP contribution in [0, 0.1) is 6.92 Å². The van der Waals surface area contributed by atoms with Crippen molar-refractivity contribution in [3.63, 3.8) is 0 Å². The zero-order valence-electron chi connectivity index (χ0n) is 17.9. The van der Waals surface area contributed by atoms with E-state index in [2.05, 4.69) is 19.9 Å². The molecule has 0 aliphatic carbocycles. The quantitative estimate of drug-likeness (QED) is 0.558. The van der Waals surface area contributed by atoms with Crippen LogP contribution in [-0.2, 0) is 4.79 Å². The first kappa shape index (κ1) is 21.2. The van der Waals surface area contributed by atoms with Crippen LogP contribution in [-0.4, -0.2) is 29.1 Å². The topological polar surface area (TPSA) is 41.9 Å². The van der Waals surface area contributed by atoms with E-state index < -0.39 is 0 Å². The van der Waals surface area contributed by atoms with Crippen LogP contribution in [0.1, 0.15) is 50.3 Å². The third-order valence-corrected chi connectivity index (χ3v) is 5.84. The standard InChI is InChI=1S/C24H28N2O2S/c1-15(2)20-13-18(17(5)12-21(20)28-6)14-22-23(27)26(16(3)4)24(29-22)25-19-10-8-7-9-11-19/h7-16H,1-6H3/b22-14+,25-24?. The van der Waals surface area contributed by atoms with Gasteiger partial charge in [-0.15, -0.1) is 0 Å². The summed E-state index contributed by atoms with van der Waals surface area (Å²) >= 11 is 1.43. The zero-order valence-corrected chi connectivity index (χ0v) is 18.7. The molecule has 1 heterocycles. The number of aryl methyl sites for hydroxylation is 1. The molecule has 4 nitrogen and oxygen atoms in total. The molecule has 0 unspecified atom stereocenters. The van der Waals surface area contributed by atoms with Crippen molar-refractivity contribution in [2.24, 2.45) is 4.99 Å². The molecule has 29 heavy (non-hydrogen) atoms. The highest BCUT2D eigenvalue weighted by Gasteiger charge is 2.35. The fraction of sp³-hybridized carbons (Fsp3) is 0.333. The van der Waals surface area contributed by atoms with Gasteiger partial charge in [0.15, 0.2) is 5.17 Å². The van der Waals surface area contributed by atoms with Gasteiger partial charge in [0, 0.05) is 6.04 Å². The summed E-state index contributed by atoms with van der Waals surface area (Å²) in [5.41, 5.74) is 4.10. The Hall–Kier alpha value is -2.53. The van der Waals surface area contributed by atoms with Crippen LogP contribution in [0.15, 0.2) is 52.4 Å². The minimum Gasteiger partial charge on any atom is -0.496 e. The lowest BCUT2D eigenvalue weighted by molar-refractivity contribution is -0.123. The van der Waals surface area contributed by atoms with Gasteiger partial charge in [-0.05, 0) is 85.5 Å². The van der Waals surface area contributed by atoms with Crippen LogP contribution in [0.2, 0.25) is 0 Å². The summed E-state index contributed by atoms with van der Waals surface area (Å²) in [6.45, 7) is 10.4. The van der Waals surface area contributed by atoms with Gasteiger partial charge in [0.05, 0.1) is 17.7 Å². The lowest BCUT2D eigenvalue weighted by Crippen LogP contribution is -2.35. The number of thioether (sulfide) groups is 1. The molecule has 1 fully saturated rings. The number of ether oxygens (including phenoxy) is 1. The highest BCUT2D eigenvalue weighted by Crippen LogP contribution is 2.37. The maximum Gasteiger partial charge on any atom is 0.266 e. The van der Waals surface area contributed by atoms with Crippen LogP contribution in [0.4, 0.5) is 5.69 Å². The summed E-state index contributed by atoms with van der Waals surface area (Å²) < 4.78 is 5.55. The number of carbonyl (C=O) groups excluding carboxylic acids is 1. The number of methoxy groups -OCH3 is 1. The van der Waals surface area contributed by atoms with Crippen LogP contribution in [0.5, 0.6) is 5.75 Å². The number of carbonyl (C=O) groups is 1. The number of para-hydroxylation sites is 1. The first-order valence-corrected chi connectivity index (χ1v) is 10.7. The molecule has 5 heteroatoms. The van der Waals surface area contributed by atoms with Crippen LogP contribution in [0.3, 0.4) is 0 Å². The average molecular weight is 409 g/mol. The minimum absolute atomic E-state index is 0.000922. The first-order chi connectivity index (χ1) is 13.8. The third-order valence-electron chi connectivity index (χ3n) is 4.86. The molecule has 1 aliphatic rings. The second-order valence-electron chi connectivity index (χ2n) is 7.71. The van der Waals surface area contributed by atoms with Crippen LogP contribution in [0.25, 0.3) is 6.08 Å². The number of amides is 1. The van der Waals surface area contributed by atoms with Crippen molar-refractivity contribution in [2.75, 3.05) is 7.11 Å². The van der Waals surface area contributed by atoms with E-state index in [1.165, 1.54) is 11.8 Å². The molecule has 0 spiro atoms. The molecule has 0 atom stereocenters. The van der Waals surface area contributed by atoms with E-state index in [-0.39, 0.29) is 11.9 Å². The van der Waals surface area contributed by atoms with Crippen molar-refractivity contribution < 1.29 is 9.53 Å². The van der Waals surface area contributed by atoms with Crippen molar-refractivity contribution in [3.8, 4) is 5.75 Å². The van der Waals surface area contributed by atoms with Gasteiger partial charge >= 0.3 is 0 Å². The molecule has 1 amide bonds. The highest BCUT2D eigenvalue weighted by molar-refractivity contribution is 8.18. The van der Waals surface area contributed by atoms with E-state index >= 15 is 0 Å². The Morgan fingerprint density at radius 1 is 1.10 bits per heavy atom. The van der Waals surface area contributed by atoms with Crippen molar-refractivity contribution in [1.82, 2.24) is 4.90 Å². The molecule has 1 saturated heterocycles. The predicted octanol–water partition coefficient (Wildman–Crippen LogP) is 6.14. The second kappa shape index (κ2) is 8.87. The van der Waals surface area contributed by atoms with E-state index in [0.717, 1.165) is 33.3 Å². The van der Waals surface area contributed by atoms with Gasteiger partial charge in [0.25, 0.3) is 5.91 Å². The van der Waals surface area contributed by atoms with Crippen LogP contribution >= 0.6 is 11.8 Å². The van der Waals surface area contributed by atoms with E-state index in [1.54, 1.807) is 12.0 Å². The van der Waals surface area contributed by atoms with E-state index in [0.29, 0.717) is 10.8 Å². The highest BCUT2D eigenvalue weighted by atomic mass is 32.2. The molecular weight excluding hydrogens is 380 g/mol. The van der Waals surface area contributed by atoms with Gasteiger partial charge in [-0.2, -0.15) is 0 Å². The molecule has 2 aromatic rings.